The fraction of sp³-hybridized carbons (Fsp3) is 0.824. The van der Waals surface area contributed by atoms with Gasteiger partial charge in [-0.3, -0.25) is 9.59 Å². The maximum Gasteiger partial charge on any atom is 0.410 e. The van der Waals surface area contributed by atoms with Gasteiger partial charge in [-0.2, -0.15) is 0 Å². The Morgan fingerprint density at radius 3 is 1.96 bits per heavy atom. The van der Waals surface area contributed by atoms with Crippen LogP contribution in [0.25, 0.3) is 0 Å². The minimum atomic E-state index is -1.00. The number of carbonyl (C=O) groups excluding carboxylic acids is 2. The Kier molecular flexibility index (Phi) is 10.1. The molecule has 0 rings (SSSR count). The zero-order valence-electron chi connectivity index (χ0n) is 15.5. The van der Waals surface area contributed by atoms with Crippen molar-refractivity contribution in [1.82, 2.24) is 5.32 Å². The number of alkyl carbamates (subject to hydrolysis) is 1. The maximum atomic E-state index is 11.9. The molecule has 0 bridgehead atoms. The summed E-state index contributed by atoms with van der Waals surface area (Å²) in [7, 11) is 0. The van der Waals surface area contributed by atoms with Gasteiger partial charge in [-0.1, -0.05) is 48.0 Å². The summed E-state index contributed by atoms with van der Waals surface area (Å²) in [5.41, 5.74) is 0. The molecule has 7 heteroatoms. The monoisotopic (exact) mass is 345 g/mol. The lowest BCUT2D eigenvalue weighted by Gasteiger charge is -2.23. The van der Waals surface area contributed by atoms with E-state index in [1.165, 1.54) is 0 Å². The lowest BCUT2D eigenvalue weighted by atomic mass is 9.98. The summed E-state index contributed by atoms with van der Waals surface area (Å²) in [6, 6.07) is 0. The van der Waals surface area contributed by atoms with E-state index in [1.54, 1.807) is 27.7 Å². The highest BCUT2D eigenvalue weighted by atomic mass is 16.7. The Morgan fingerprint density at radius 2 is 1.54 bits per heavy atom. The molecule has 0 aliphatic carbocycles. The number of carboxylic acid groups (broad SMARTS) is 1. The Hall–Kier alpha value is -1.79. The number of amides is 1. The molecule has 0 aliphatic rings. The van der Waals surface area contributed by atoms with E-state index < -0.39 is 30.2 Å². The highest BCUT2D eigenvalue weighted by molar-refractivity contribution is 5.73. The van der Waals surface area contributed by atoms with E-state index >= 15 is 0 Å². The summed E-state index contributed by atoms with van der Waals surface area (Å²) in [4.78, 5) is 34.7. The number of aliphatic carboxylic acids is 1. The molecule has 1 amide bonds. The van der Waals surface area contributed by atoms with E-state index in [-0.39, 0.29) is 18.4 Å². The predicted molar refractivity (Wildman–Crippen MR) is 89.2 cm³/mol. The molecular formula is C17H31NO6. The quantitative estimate of drug-likeness (QED) is 0.466. The van der Waals surface area contributed by atoms with Gasteiger partial charge >= 0.3 is 18.0 Å². The van der Waals surface area contributed by atoms with Crippen molar-refractivity contribution in [2.24, 2.45) is 23.7 Å². The van der Waals surface area contributed by atoms with Gasteiger partial charge in [-0.05, 0) is 12.3 Å². The molecule has 0 spiro atoms. The van der Waals surface area contributed by atoms with Crippen LogP contribution in [0.15, 0.2) is 0 Å². The normalized spacial score (nSPS) is 13.7. The fourth-order valence-corrected chi connectivity index (χ4v) is 1.75. The van der Waals surface area contributed by atoms with Gasteiger partial charge in [0.2, 0.25) is 0 Å². The van der Waals surface area contributed by atoms with Crippen molar-refractivity contribution < 1.29 is 29.0 Å². The van der Waals surface area contributed by atoms with Crippen LogP contribution in [0.5, 0.6) is 0 Å². The number of hydrogen-bond donors (Lipinski definition) is 2. The van der Waals surface area contributed by atoms with Crippen LogP contribution in [0.2, 0.25) is 0 Å². The van der Waals surface area contributed by atoms with Gasteiger partial charge in [-0.15, -0.1) is 0 Å². The molecule has 0 radical (unpaired) electrons. The van der Waals surface area contributed by atoms with Gasteiger partial charge in [0.25, 0.3) is 6.29 Å². The Balaban J connectivity index is 4.50. The molecule has 2 N–H and O–H groups in total. The molecule has 0 aromatic heterocycles. The van der Waals surface area contributed by atoms with Crippen molar-refractivity contribution in [2.75, 3.05) is 6.54 Å². The lowest BCUT2D eigenvalue weighted by Crippen LogP contribution is -2.38. The highest BCUT2D eigenvalue weighted by Gasteiger charge is 2.25. The van der Waals surface area contributed by atoms with Crippen LogP contribution in [0.4, 0.5) is 4.79 Å². The first-order valence-corrected chi connectivity index (χ1v) is 8.42. The largest absolute Gasteiger partial charge is 0.481 e. The van der Waals surface area contributed by atoms with Crippen molar-refractivity contribution in [1.29, 1.82) is 0 Å². The van der Waals surface area contributed by atoms with Crippen LogP contribution in [0, 0.1) is 23.7 Å². The van der Waals surface area contributed by atoms with Crippen LogP contribution < -0.4 is 5.32 Å². The number of hydrogen-bond acceptors (Lipinski definition) is 5. The van der Waals surface area contributed by atoms with E-state index in [0.29, 0.717) is 12.3 Å². The summed E-state index contributed by atoms with van der Waals surface area (Å²) in [5, 5.41) is 11.6. The van der Waals surface area contributed by atoms with Crippen LogP contribution in [-0.4, -0.2) is 36.0 Å². The first-order chi connectivity index (χ1) is 11.0. The molecule has 0 saturated carbocycles. The van der Waals surface area contributed by atoms with E-state index in [9.17, 15) is 19.5 Å². The van der Waals surface area contributed by atoms with Crippen molar-refractivity contribution in [2.45, 2.75) is 60.7 Å². The van der Waals surface area contributed by atoms with Gasteiger partial charge in [0.05, 0.1) is 11.8 Å². The van der Waals surface area contributed by atoms with Gasteiger partial charge in [0.15, 0.2) is 0 Å². The second-order valence-electron chi connectivity index (χ2n) is 7.00. The van der Waals surface area contributed by atoms with E-state index in [1.807, 2.05) is 13.8 Å². The number of rotatable bonds is 10. The zero-order chi connectivity index (χ0) is 18.9. The van der Waals surface area contributed by atoms with Gasteiger partial charge < -0.3 is 19.9 Å². The minimum Gasteiger partial charge on any atom is -0.481 e. The number of ether oxygens (including phenoxy) is 2. The highest BCUT2D eigenvalue weighted by Crippen LogP contribution is 2.14. The third-order valence-corrected chi connectivity index (χ3v) is 3.41. The zero-order valence-corrected chi connectivity index (χ0v) is 15.5. The van der Waals surface area contributed by atoms with E-state index in [0.717, 1.165) is 6.42 Å². The standard InChI is InChI=1S/C17H31NO6/c1-10(2)7-8-13(14(19)20)9-18-17(22)24-16(12(5)6)23-15(21)11(3)4/h10-13,16H,7-9H2,1-6H3,(H,18,22)(H,19,20)/t13?,16-/m0/s1. The smallest absolute Gasteiger partial charge is 0.410 e. The van der Waals surface area contributed by atoms with Crippen molar-refractivity contribution in [3.8, 4) is 0 Å². The average Bonchev–Trinajstić information content (AvgIpc) is 2.45. The molecule has 0 saturated heterocycles. The molecule has 0 aromatic carbocycles. The van der Waals surface area contributed by atoms with Crippen LogP contribution in [0.1, 0.15) is 54.4 Å². The summed E-state index contributed by atoms with van der Waals surface area (Å²) in [5.74, 6) is -2.24. The molecule has 2 atom stereocenters. The molecule has 0 aromatic rings. The van der Waals surface area contributed by atoms with Crippen LogP contribution in [-0.2, 0) is 19.1 Å². The maximum absolute atomic E-state index is 11.9. The molecule has 0 aliphatic heterocycles. The molecule has 7 nitrogen and oxygen atoms in total. The van der Waals surface area contributed by atoms with Crippen LogP contribution >= 0.6 is 0 Å². The summed E-state index contributed by atoms with van der Waals surface area (Å²) >= 11 is 0. The van der Waals surface area contributed by atoms with E-state index in [2.05, 4.69) is 5.32 Å². The first kappa shape index (κ1) is 22.2. The third kappa shape index (κ3) is 9.37. The van der Waals surface area contributed by atoms with Crippen molar-refractivity contribution >= 4 is 18.0 Å². The summed E-state index contributed by atoms with van der Waals surface area (Å²) < 4.78 is 10.2. The first-order valence-electron chi connectivity index (χ1n) is 8.42. The van der Waals surface area contributed by atoms with Crippen LogP contribution in [0.3, 0.4) is 0 Å². The minimum absolute atomic E-state index is 0.0240. The molecule has 0 fully saturated rings. The Bertz CT molecular complexity index is 419. The number of carbonyl (C=O) groups is 3. The molecule has 1 unspecified atom stereocenters. The van der Waals surface area contributed by atoms with E-state index in [4.69, 9.17) is 9.47 Å². The lowest BCUT2D eigenvalue weighted by molar-refractivity contribution is -0.178. The Labute approximate surface area is 144 Å². The summed E-state index contributed by atoms with van der Waals surface area (Å²) in [6.45, 7) is 10.9. The van der Waals surface area contributed by atoms with Gasteiger partial charge in [0.1, 0.15) is 0 Å². The predicted octanol–water partition coefficient (Wildman–Crippen LogP) is 3.03. The van der Waals surface area contributed by atoms with Crippen molar-refractivity contribution in [3.63, 3.8) is 0 Å². The van der Waals surface area contributed by atoms with Gasteiger partial charge in [-0.25, -0.2) is 4.79 Å². The fourth-order valence-electron chi connectivity index (χ4n) is 1.75. The van der Waals surface area contributed by atoms with Gasteiger partial charge in [0, 0.05) is 12.5 Å². The second kappa shape index (κ2) is 10.9. The molecule has 24 heavy (non-hydrogen) atoms. The Morgan fingerprint density at radius 1 is 0.958 bits per heavy atom. The topological polar surface area (TPSA) is 102 Å². The third-order valence-electron chi connectivity index (χ3n) is 3.41. The number of carboxylic acids is 1. The molecule has 140 valence electrons. The number of esters is 1. The summed E-state index contributed by atoms with van der Waals surface area (Å²) in [6.07, 6.45) is -0.558. The molecule has 0 heterocycles. The number of nitrogens with one attached hydrogen (secondary N) is 1. The van der Waals surface area contributed by atoms with Crippen molar-refractivity contribution in [3.05, 3.63) is 0 Å². The second-order valence-corrected chi connectivity index (χ2v) is 7.00. The SMILES string of the molecule is CC(C)CCC(CNC(=O)O[C@H](OC(=O)C(C)C)C(C)C)C(=O)O. The molecular weight excluding hydrogens is 314 g/mol. The average molecular weight is 345 g/mol.